The molecule has 0 radical (unpaired) electrons. The zero-order valence-corrected chi connectivity index (χ0v) is 25.5. The summed E-state index contributed by atoms with van der Waals surface area (Å²) in [6.45, 7) is 10.6. The summed E-state index contributed by atoms with van der Waals surface area (Å²) in [5.74, 6) is -1.87. The molecule has 222 valence electrons. The van der Waals surface area contributed by atoms with Gasteiger partial charge in [-0.15, -0.1) is 23.2 Å². The molecule has 8 nitrogen and oxygen atoms in total. The largest absolute Gasteiger partial charge is 0.463 e. The van der Waals surface area contributed by atoms with Crippen molar-refractivity contribution >= 4 is 35.1 Å². The Morgan fingerprint density at radius 2 is 1.74 bits per heavy atom. The van der Waals surface area contributed by atoms with E-state index in [1.165, 1.54) is 0 Å². The molecule has 5 unspecified atom stereocenters. The predicted molar refractivity (Wildman–Crippen MR) is 156 cm³/mol. The van der Waals surface area contributed by atoms with Gasteiger partial charge >= 0.3 is 5.97 Å². The molecule has 2 rings (SSSR count). The predicted octanol–water partition coefficient (Wildman–Crippen LogP) is 3.36. The second-order valence-corrected chi connectivity index (χ2v) is 11.8. The first-order valence-corrected chi connectivity index (χ1v) is 14.9. The van der Waals surface area contributed by atoms with E-state index in [1.807, 2.05) is 37.4 Å². The molecular formula is C29H47Cl2N3O5. The molecule has 10 heteroatoms. The zero-order valence-electron chi connectivity index (χ0n) is 23.9. The van der Waals surface area contributed by atoms with Crippen LogP contribution in [0.4, 0.5) is 0 Å². The quantitative estimate of drug-likeness (QED) is 0.155. The van der Waals surface area contributed by atoms with Gasteiger partial charge in [0.25, 0.3) is 0 Å². The molecule has 1 aliphatic rings. The number of carbonyl (C=O) groups is 2. The van der Waals surface area contributed by atoms with Crippen LogP contribution in [-0.2, 0) is 25.5 Å². The van der Waals surface area contributed by atoms with Crippen molar-refractivity contribution in [3.05, 3.63) is 35.9 Å². The number of nitrogens with one attached hydrogen (secondary N) is 2. The number of carbonyl (C=O) groups excluding carboxylic acids is 2. The van der Waals surface area contributed by atoms with Gasteiger partial charge < -0.3 is 25.2 Å². The van der Waals surface area contributed by atoms with E-state index in [0.717, 1.165) is 24.9 Å². The first kappa shape index (κ1) is 33.8. The highest BCUT2D eigenvalue weighted by Crippen LogP contribution is 2.34. The maximum atomic E-state index is 13.4. The maximum absolute atomic E-state index is 13.4. The number of hydrogen-bond donors (Lipinski definition) is 3. The van der Waals surface area contributed by atoms with Gasteiger partial charge in [0.1, 0.15) is 12.6 Å². The normalized spacial score (nSPS) is 24.2. The topological polar surface area (TPSA) is 100 Å². The van der Waals surface area contributed by atoms with E-state index in [9.17, 15) is 14.7 Å². The first-order chi connectivity index (χ1) is 18.6. The fraction of sp³-hybridized carbons (Fsp3) is 0.724. The lowest BCUT2D eigenvalue weighted by molar-refractivity contribution is -0.150. The number of hydrogen-bond acceptors (Lipinski definition) is 7. The summed E-state index contributed by atoms with van der Waals surface area (Å²) in [5, 5.41) is 15.4. The highest BCUT2D eigenvalue weighted by molar-refractivity contribution is 6.25. The molecular weight excluding hydrogens is 541 g/mol. The van der Waals surface area contributed by atoms with Gasteiger partial charge in [-0.3, -0.25) is 9.69 Å². The molecule has 6 atom stereocenters. The Morgan fingerprint density at radius 1 is 1.08 bits per heavy atom. The molecule has 1 fully saturated rings. The van der Waals surface area contributed by atoms with E-state index in [2.05, 4.69) is 43.2 Å². The van der Waals surface area contributed by atoms with Gasteiger partial charge in [0.2, 0.25) is 5.91 Å². The zero-order chi connectivity index (χ0) is 28.9. The number of benzene rings is 1. The van der Waals surface area contributed by atoms with Crippen molar-refractivity contribution < 1.29 is 24.2 Å². The molecule has 39 heavy (non-hydrogen) atoms. The molecule has 0 bridgehead atoms. The maximum Gasteiger partial charge on any atom is 0.329 e. The minimum Gasteiger partial charge on any atom is -0.463 e. The van der Waals surface area contributed by atoms with Crippen molar-refractivity contribution in [3.8, 4) is 0 Å². The van der Waals surface area contributed by atoms with Crippen LogP contribution in [-0.4, -0.2) is 96.3 Å². The molecule has 1 aromatic carbocycles. The van der Waals surface area contributed by atoms with Crippen LogP contribution in [0.3, 0.4) is 0 Å². The number of rotatable bonds is 16. The molecule has 1 amide bonds. The highest BCUT2D eigenvalue weighted by Gasteiger charge is 2.46. The molecule has 1 saturated carbocycles. The van der Waals surface area contributed by atoms with Crippen molar-refractivity contribution in [3.63, 3.8) is 0 Å². The van der Waals surface area contributed by atoms with Crippen LogP contribution in [0, 0.1) is 5.92 Å². The van der Waals surface area contributed by atoms with Gasteiger partial charge in [0.05, 0.1) is 28.9 Å². The van der Waals surface area contributed by atoms with Gasteiger partial charge in [-0.25, -0.2) is 4.79 Å². The number of aliphatic hydroxyl groups is 1. The number of nitrogens with zero attached hydrogens (tertiary/aromatic N) is 1. The lowest BCUT2D eigenvalue weighted by Crippen LogP contribution is -2.56. The number of amides is 1. The van der Waals surface area contributed by atoms with Gasteiger partial charge in [0.15, 0.2) is 0 Å². The monoisotopic (exact) mass is 587 g/mol. The Kier molecular flexibility index (Phi) is 15.1. The highest BCUT2D eigenvalue weighted by atomic mass is 35.5. The fourth-order valence-corrected chi connectivity index (χ4v) is 5.92. The first-order valence-electron chi connectivity index (χ1n) is 14.1. The molecule has 3 N–H and O–H groups in total. The van der Waals surface area contributed by atoms with Crippen molar-refractivity contribution in [1.82, 2.24) is 15.5 Å². The van der Waals surface area contributed by atoms with E-state index in [-0.39, 0.29) is 19.4 Å². The van der Waals surface area contributed by atoms with E-state index < -0.39 is 46.8 Å². The van der Waals surface area contributed by atoms with Crippen LogP contribution >= 0.6 is 23.2 Å². The smallest absolute Gasteiger partial charge is 0.329 e. The minimum atomic E-state index is -1.16. The summed E-state index contributed by atoms with van der Waals surface area (Å²) in [5.41, 5.74) is 0.882. The average Bonchev–Trinajstić information content (AvgIpc) is 2.89. The number of alkyl halides is 2. The molecule has 0 aliphatic heterocycles. The second-order valence-electron chi connectivity index (χ2n) is 10.8. The van der Waals surface area contributed by atoms with Crippen molar-refractivity contribution in [1.29, 1.82) is 0 Å². The van der Waals surface area contributed by atoms with Crippen molar-refractivity contribution in [2.45, 2.75) is 94.5 Å². The summed E-state index contributed by atoms with van der Waals surface area (Å²) < 4.78 is 11.5. The summed E-state index contributed by atoms with van der Waals surface area (Å²) in [6, 6.07) is 9.13. The average molecular weight is 589 g/mol. The number of esters is 1. The van der Waals surface area contributed by atoms with Crippen LogP contribution in [0.1, 0.15) is 52.5 Å². The van der Waals surface area contributed by atoms with Crippen LogP contribution in [0.15, 0.2) is 30.3 Å². The molecule has 1 aliphatic carbocycles. The lowest BCUT2D eigenvalue weighted by atomic mass is 9.83. The second kappa shape index (κ2) is 17.4. The Labute approximate surface area is 244 Å². The van der Waals surface area contributed by atoms with Crippen LogP contribution < -0.4 is 10.6 Å². The van der Waals surface area contributed by atoms with Crippen molar-refractivity contribution in [2.24, 2.45) is 5.92 Å². The standard InChI is InChI=1S/C29H47Cl2N3O5/c1-19(2)34(20(3)4)14-16-39-29(37)24(17-21-11-7-6-8-12-21)33-28(36)22-18-23(30)27(25(31)26(22)35)38-15-10-9-13-32-5/h6-8,11-12,19-20,22-27,32,35H,9-10,13-18H2,1-5H3,(H,33,36)/t22?,23?,24-,25?,26?,27?/m0/s1. The summed E-state index contributed by atoms with van der Waals surface area (Å²) >= 11 is 13.1. The molecule has 0 aromatic heterocycles. The van der Waals surface area contributed by atoms with Gasteiger partial charge in [-0.1, -0.05) is 30.3 Å². The molecule has 0 heterocycles. The number of unbranched alkanes of at least 4 members (excludes halogenated alkanes) is 1. The minimum absolute atomic E-state index is 0.184. The Morgan fingerprint density at radius 3 is 2.36 bits per heavy atom. The van der Waals surface area contributed by atoms with Gasteiger partial charge in [-0.05, 0) is 66.1 Å². The number of aliphatic hydroxyl groups excluding tert-OH is 1. The SMILES string of the molecule is CNCCCCOC1C(Cl)CC(C(=O)N[C@@H](Cc2ccccc2)C(=O)OCCN(C(C)C)C(C)C)C(O)C1Cl. The van der Waals surface area contributed by atoms with Gasteiger partial charge in [-0.2, -0.15) is 0 Å². The van der Waals surface area contributed by atoms with E-state index in [1.54, 1.807) is 0 Å². The molecule has 0 saturated heterocycles. The van der Waals surface area contributed by atoms with Crippen LogP contribution in [0.5, 0.6) is 0 Å². The number of ether oxygens (including phenoxy) is 2. The Hall–Kier alpha value is -1.42. The summed E-state index contributed by atoms with van der Waals surface area (Å²) in [6.07, 6.45) is 0.492. The van der Waals surface area contributed by atoms with Crippen LogP contribution in [0.25, 0.3) is 0 Å². The Bertz CT molecular complexity index is 853. The third-order valence-corrected chi connectivity index (χ3v) is 8.09. The fourth-order valence-electron chi connectivity index (χ4n) is 5.00. The third kappa shape index (κ3) is 10.8. The molecule has 1 aromatic rings. The van der Waals surface area contributed by atoms with Crippen molar-refractivity contribution in [2.75, 3.05) is 33.4 Å². The third-order valence-electron chi connectivity index (χ3n) is 7.16. The molecule has 0 spiro atoms. The summed E-state index contributed by atoms with van der Waals surface area (Å²) in [7, 11) is 1.89. The van der Waals surface area contributed by atoms with E-state index in [0.29, 0.717) is 25.2 Å². The summed E-state index contributed by atoms with van der Waals surface area (Å²) in [4.78, 5) is 28.7. The van der Waals surface area contributed by atoms with E-state index in [4.69, 9.17) is 32.7 Å². The lowest BCUT2D eigenvalue weighted by Gasteiger charge is -2.39. The van der Waals surface area contributed by atoms with Crippen LogP contribution in [0.2, 0.25) is 0 Å². The van der Waals surface area contributed by atoms with E-state index >= 15 is 0 Å². The van der Waals surface area contributed by atoms with Gasteiger partial charge in [0, 0.05) is 31.7 Å². The number of halogens is 2. The Balaban J connectivity index is 2.04.